The first-order valence-corrected chi connectivity index (χ1v) is 22.3. The summed E-state index contributed by atoms with van der Waals surface area (Å²) >= 11 is 0. The molecule has 1 aromatic carbocycles. The van der Waals surface area contributed by atoms with Gasteiger partial charge in [-0.05, 0) is 157 Å². The highest BCUT2D eigenvalue weighted by Gasteiger charge is 2.60. The predicted molar refractivity (Wildman–Crippen MR) is 204 cm³/mol. The van der Waals surface area contributed by atoms with Crippen LogP contribution in [0, 0.1) is 57.8 Å². The van der Waals surface area contributed by atoms with E-state index in [0.29, 0.717) is 62.9 Å². The van der Waals surface area contributed by atoms with Gasteiger partial charge in [0.2, 0.25) is 5.78 Å². The average Bonchev–Trinajstić information content (AvgIpc) is 3.41. The number of hydrogen-bond acceptors (Lipinski definition) is 5. The normalized spacial score (nSPS) is 32.7. The number of ketones is 1. The Morgan fingerprint density at radius 3 is 2.06 bits per heavy atom. The van der Waals surface area contributed by atoms with Crippen molar-refractivity contribution in [2.45, 2.75) is 163 Å². The minimum absolute atomic E-state index is 0.110. The van der Waals surface area contributed by atoms with E-state index < -0.39 is 8.07 Å². The highest BCUT2D eigenvalue weighted by Crippen LogP contribution is 2.68. The van der Waals surface area contributed by atoms with Gasteiger partial charge in [-0.25, -0.2) is 0 Å². The summed E-state index contributed by atoms with van der Waals surface area (Å²) in [5.74, 6) is 7.14. The first-order valence-electron chi connectivity index (χ1n) is 20.1. The SMILES string of the molecule is CC(=O)O[C@@H]1CC[C@@]2(C)C(CC[C@H]3[C@@H]4CC[C@H]([C@H](C)CCC(=O)Oc5ccc(C(=O)C#C[Si](C(C)C)(C(C)C)C(C)C)cc5)[C@@]4(C)CC[C@@H]32)C1. The molecule has 0 saturated heterocycles. The lowest BCUT2D eigenvalue weighted by Gasteiger charge is -2.61. The maximum absolute atomic E-state index is 13.0. The number of ether oxygens (including phenoxy) is 2. The van der Waals surface area contributed by atoms with Crippen LogP contribution in [-0.2, 0) is 14.3 Å². The van der Waals surface area contributed by atoms with Crippen LogP contribution in [0.5, 0.6) is 5.75 Å². The second-order valence-electron chi connectivity index (χ2n) is 18.4. The molecule has 0 heterocycles. The minimum atomic E-state index is -1.99. The van der Waals surface area contributed by atoms with Gasteiger partial charge in [-0.1, -0.05) is 62.3 Å². The Morgan fingerprint density at radius 1 is 0.820 bits per heavy atom. The molecule has 0 radical (unpaired) electrons. The van der Waals surface area contributed by atoms with E-state index in [1.54, 1.807) is 31.2 Å². The Morgan fingerprint density at radius 2 is 1.44 bits per heavy atom. The maximum atomic E-state index is 13.0. The fraction of sp³-hybridized carbons (Fsp3) is 0.750. The molecule has 0 aromatic heterocycles. The summed E-state index contributed by atoms with van der Waals surface area (Å²) in [5, 5.41) is 0. The van der Waals surface area contributed by atoms with E-state index in [1.807, 2.05) is 0 Å². The number of Topliss-reactive ketones (excluding diaryl/α,β-unsaturated/α-hetero) is 1. The van der Waals surface area contributed by atoms with E-state index >= 15 is 0 Å². The summed E-state index contributed by atoms with van der Waals surface area (Å²) in [4.78, 5) is 37.7. The summed E-state index contributed by atoms with van der Waals surface area (Å²) in [6.07, 6.45) is 12.4. The van der Waals surface area contributed by atoms with Gasteiger partial charge in [0.05, 0.1) is 0 Å². The number of esters is 2. The Balaban J connectivity index is 1.14. The molecule has 1 aromatic rings. The van der Waals surface area contributed by atoms with E-state index in [9.17, 15) is 14.4 Å². The van der Waals surface area contributed by atoms with Crippen molar-refractivity contribution in [3.05, 3.63) is 29.8 Å². The molecule has 5 rings (SSSR count). The van der Waals surface area contributed by atoms with Crippen LogP contribution in [0.2, 0.25) is 16.6 Å². The van der Waals surface area contributed by atoms with Gasteiger partial charge in [0.1, 0.15) is 19.9 Å². The zero-order valence-corrected chi connectivity index (χ0v) is 33.9. The molecular weight excluding hydrogens is 637 g/mol. The fourth-order valence-electron chi connectivity index (χ4n) is 12.6. The van der Waals surface area contributed by atoms with Crippen molar-refractivity contribution < 1.29 is 23.9 Å². The van der Waals surface area contributed by atoms with E-state index in [4.69, 9.17) is 9.47 Å². The van der Waals surface area contributed by atoms with Gasteiger partial charge in [0.25, 0.3) is 0 Å². The van der Waals surface area contributed by atoms with Gasteiger partial charge < -0.3 is 9.47 Å². The van der Waals surface area contributed by atoms with Gasteiger partial charge in [-0.15, -0.1) is 5.54 Å². The predicted octanol–water partition coefficient (Wildman–Crippen LogP) is 11.0. The zero-order valence-electron chi connectivity index (χ0n) is 32.9. The quantitative estimate of drug-likeness (QED) is 0.0798. The number of carbonyl (C=O) groups is 3. The maximum Gasteiger partial charge on any atom is 0.311 e. The third-order valence-corrected chi connectivity index (χ3v) is 21.4. The van der Waals surface area contributed by atoms with E-state index in [1.165, 1.54) is 44.9 Å². The smallest absolute Gasteiger partial charge is 0.311 e. The average molecular weight is 703 g/mol. The van der Waals surface area contributed by atoms with Gasteiger partial charge in [0, 0.05) is 18.9 Å². The summed E-state index contributed by atoms with van der Waals surface area (Å²) in [5.41, 5.74) is 6.18. The third kappa shape index (κ3) is 7.42. The Labute approximate surface area is 304 Å². The van der Waals surface area contributed by atoms with Gasteiger partial charge in [-0.2, -0.15) is 0 Å². The Bertz CT molecular complexity index is 1430. The molecule has 4 fully saturated rings. The fourth-order valence-corrected chi connectivity index (χ4v) is 17.8. The lowest BCUT2D eigenvalue weighted by atomic mass is 9.44. The molecule has 4 saturated carbocycles. The van der Waals surface area contributed by atoms with E-state index in [-0.39, 0.29) is 23.8 Å². The molecule has 50 heavy (non-hydrogen) atoms. The molecule has 4 aliphatic rings. The molecule has 4 aliphatic carbocycles. The number of fused-ring (bicyclic) bond motifs is 5. The third-order valence-electron chi connectivity index (χ3n) is 15.1. The summed E-state index contributed by atoms with van der Waals surface area (Å²) < 4.78 is 11.4. The molecule has 5 nitrogen and oxygen atoms in total. The van der Waals surface area contributed by atoms with E-state index in [2.05, 4.69) is 73.8 Å². The van der Waals surface area contributed by atoms with Gasteiger partial charge in [-0.3, -0.25) is 14.4 Å². The molecule has 0 spiro atoms. The van der Waals surface area contributed by atoms with Crippen molar-refractivity contribution in [3.63, 3.8) is 0 Å². The standard InChI is InChI=1S/C44H66O5Si/c1-28(2)50(29(3)4,30(5)6)26-23-41(46)33-12-15-35(16-13-33)49-42(47)20-11-31(7)38-18-19-39-37-17-14-34-27-36(48-32(8)45)21-24-43(34,9)40(37)22-25-44(38,39)10/h12-13,15-16,28-31,34,36-40H,11,14,17-22,24-25,27H2,1-10H3/t31-,34?,36-,37+,38-,39+,40+,43+,44-/m1/s1. The first-order chi connectivity index (χ1) is 23.5. The molecule has 6 heteroatoms. The van der Waals surface area contributed by atoms with Crippen LogP contribution in [0.15, 0.2) is 24.3 Å². The van der Waals surface area contributed by atoms with Crippen molar-refractivity contribution in [2.24, 2.45) is 46.3 Å². The first kappa shape index (κ1) is 38.8. The van der Waals surface area contributed by atoms with Crippen LogP contribution in [0.4, 0.5) is 0 Å². The van der Waals surface area contributed by atoms with Crippen molar-refractivity contribution in [1.29, 1.82) is 0 Å². The molecule has 1 unspecified atom stereocenters. The van der Waals surface area contributed by atoms with E-state index in [0.717, 1.165) is 37.0 Å². The monoisotopic (exact) mass is 702 g/mol. The molecule has 0 amide bonds. The Hall–Kier alpha value is -2.39. The molecular formula is C44H66O5Si. The van der Waals surface area contributed by atoms with Crippen LogP contribution in [0.3, 0.4) is 0 Å². The number of carbonyl (C=O) groups excluding carboxylic acids is 3. The lowest BCUT2D eigenvalue weighted by Crippen LogP contribution is -2.54. The summed E-state index contributed by atoms with van der Waals surface area (Å²) in [6, 6.07) is 6.93. The largest absolute Gasteiger partial charge is 0.463 e. The molecule has 9 atom stereocenters. The van der Waals surface area contributed by atoms with Crippen molar-refractivity contribution >= 4 is 25.8 Å². The van der Waals surface area contributed by atoms with Gasteiger partial charge >= 0.3 is 11.9 Å². The van der Waals surface area contributed by atoms with Crippen LogP contribution >= 0.6 is 0 Å². The lowest BCUT2D eigenvalue weighted by molar-refractivity contribution is -0.160. The molecule has 0 aliphatic heterocycles. The van der Waals surface area contributed by atoms with Crippen molar-refractivity contribution in [3.8, 4) is 17.2 Å². The number of rotatable bonds is 10. The summed E-state index contributed by atoms with van der Waals surface area (Å²) in [6.45, 7) is 22.5. The second kappa shape index (κ2) is 15.3. The highest BCUT2D eigenvalue weighted by molar-refractivity contribution is 6.90. The van der Waals surface area contributed by atoms with Crippen molar-refractivity contribution in [2.75, 3.05) is 0 Å². The molecule has 0 N–H and O–H groups in total. The van der Waals surface area contributed by atoms with Crippen LogP contribution in [-0.4, -0.2) is 31.9 Å². The highest BCUT2D eigenvalue weighted by atomic mass is 28.3. The topological polar surface area (TPSA) is 69.7 Å². The summed E-state index contributed by atoms with van der Waals surface area (Å²) in [7, 11) is -1.99. The van der Waals surface area contributed by atoms with Crippen LogP contribution < -0.4 is 4.74 Å². The zero-order chi connectivity index (χ0) is 36.6. The van der Waals surface area contributed by atoms with Crippen LogP contribution in [0.1, 0.15) is 150 Å². The number of hydrogen-bond donors (Lipinski definition) is 0. The Kier molecular flexibility index (Phi) is 11.9. The van der Waals surface area contributed by atoms with Gasteiger partial charge in [0.15, 0.2) is 0 Å². The molecule has 276 valence electrons. The van der Waals surface area contributed by atoms with Crippen LogP contribution in [0.25, 0.3) is 0 Å². The second-order valence-corrected chi connectivity index (χ2v) is 24.0. The minimum Gasteiger partial charge on any atom is -0.463 e. The molecule has 0 bridgehead atoms. The number of benzene rings is 1. The van der Waals surface area contributed by atoms with Crippen molar-refractivity contribution in [1.82, 2.24) is 0 Å².